The summed E-state index contributed by atoms with van der Waals surface area (Å²) in [7, 11) is 1.93. The van der Waals surface area contributed by atoms with Crippen molar-refractivity contribution in [2.24, 2.45) is 0 Å². The number of nitrogens with one attached hydrogen (secondary N) is 2. The number of aromatic nitrogens is 2. The van der Waals surface area contributed by atoms with Gasteiger partial charge in [-0.1, -0.05) is 36.4 Å². The lowest BCUT2D eigenvalue weighted by Gasteiger charge is -1.98. The van der Waals surface area contributed by atoms with Gasteiger partial charge in [-0.3, -0.25) is 5.10 Å². The summed E-state index contributed by atoms with van der Waals surface area (Å²) in [5.41, 5.74) is 2.73. The van der Waals surface area contributed by atoms with Crippen molar-refractivity contribution in [3.63, 3.8) is 0 Å². The predicted molar refractivity (Wildman–Crippen MR) is 78.6 cm³/mol. The van der Waals surface area contributed by atoms with Gasteiger partial charge in [-0.25, -0.2) is 4.79 Å². The summed E-state index contributed by atoms with van der Waals surface area (Å²) in [6.07, 6.45) is 5.16. The molecule has 0 radical (unpaired) electrons. The molecule has 0 spiro atoms. The van der Waals surface area contributed by atoms with E-state index in [1.165, 1.54) is 6.07 Å². The van der Waals surface area contributed by atoms with Crippen LogP contribution in [-0.4, -0.2) is 34.9 Å². The standard InChI is InChI=1S/C15H17N3O2/c1-16-9-3-2-4-11-5-7-12(8-6-11)13-10-14(15(19)20)18-17-13/h2,4-8,10,16H,3,9H2,1H3,(H,17,18)(H,19,20). The Balaban J connectivity index is 2.07. The number of carboxylic acids is 1. The van der Waals surface area contributed by atoms with Crippen LogP contribution in [0, 0.1) is 0 Å². The zero-order chi connectivity index (χ0) is 14.4. The van der Waals surface area contributed by atoms with E-state index in [0.717, 1.165) is 24.1 Å². The van der Waals surface area contributed by atoms with Crippen LogP contribution in [0.25, 0.3) is 17.3 Å². The van der Waals surface area contributed by atoms with E-state index < -0.39 is 5.97 Å². The summed E-state index contributed by atoms with van der Waals surface area (Å²) in [5, 5.41) is 18.4. The second kappa shape index (κ2) is 6.68. The summed E-state index contributed by atoms with van der Waals surface area (Å²) < 4.78 is 0. The van der Waals surface area contributed by atoms with E-state index in [1.807, 2.05) is 31.3 Å². The van der Waals surface area contributed by atoms with Crippen molar-refractivity contribution in [3.8, 4) is 11.3 Å². The molecule has 0 amide bonds. The Bertz CT molecular complexity index is 600. The second-order valence-corrected chi connectivity index (χ2v) is 4.39. The van der Waals surface area contributed by atoms with Crippen LogP contribution < -0.4 is 5.32 Å². The summed E-state index contributed by atoms with van der Waals surface area (Å²) in [4.78, 5) is 10.8. The van der Waals surface area contributed by atoms with Crippen molar-refractivity contribution in [2.75, 3.05) is 13.6 Å². The molecule has 104 valence electrons. The van der Waals surface area contributed by atoms with E-state index in [0.29, 0.717) is 5.69 Å². The Labute approximate surface area is 117 Å². The lowest BCUT2D eigenvalue weighted by molar-refractivity contribution is 0.0690. The van der Waals surface area contributed by atoms with Crippen LogP contribution in [0.15, 0.2) is 36.4 Å². The van der Waals surface area contributed by atoms with Crippen LogP contribution in [0.1, 0.15) is 22.5 Å². The van der Waals surface area contributed by atoms with Crippen molar-refractivity contribution < 1.29 is 9.90 Å². The second-order valence-electron chi connectivity index (χ2n) is 4.39. The van der Waals surface area contributed by atoms with Crippen LogP contribution in [-0.2, 0) is 0 Å². The van der Waals surface area contributed by atoms with Crippen molar-refractivity contribution in [1.82, 2.24) is 15.5 Å². The molecule has 0 bridgehead atoms. The van der Waals surface area contributed by atoms with Gasteiger partial charge in [0.05, 0.1) is 5.69 Å². The molecule has 0 aliphatic carbocycles. The highest BCUT2D eigenvalue weighted by atomic mass is 16.4. The summed E-state index contributed by atoms with van der Waals surface area (Å²) in [6, 6.07) is 9.36. The van der Waals surface area contributed by atoms with Crippen molar-refractivity contribution in [3.05, 3.63) is 47.7 Å². The van der Waals surface area contributed by atoms with Crippen LogP contribution in [0.4, 0.5) is 0 Å². The maximum Gasteiger partial charge on any atom is 0.353 e. The van der Waals surface area contributed by atoms with Gasteiger partial charge in [0.25, 0.3) is 0 Å². The van der Waals surface area contributed by atoms with Crippen molar-refractivity contribution in [2.45, 2.75) is 6.42 Å². The molecule has 1 heterocycles. The number of nitrogens with zero attached hydrogens (tertiary/aromatic N) is 1. The first kappa shape index (κ1) is 14.0. The Morgan fingerprint density at radius 1 is 1.40 bits per heavy atom. The zero-order valence-corrected chi connectivity index (χ0v) is 11.3. The molecule has 1 aromatic heterocycles. The Kier molecular flexibility index (Phi) is 4.68. The van der Waals surface area contributed by atoms with Crippen LogP contribution in [0.2, 0.25) is 0 Å². The molecular weight excluding hydrogens is 254 g/mol. The summed E-state index contributed by atoms with van der Waals surface area (Å²) in [5.74, 6) is -1.01. The molecule has 0 fully saturated rings. The maximum absolute atomic E-state index is 10.8. The fourth-order valence-electron chi connectivity index (χ4n) is 1.79. The van der Waals surface area contributed by atoms with E-state index in [-0.39, 0.29) is 5.69 Å². The average molecular weight is 271 g/mol. The molecule has 2 rings (SSSR count). The average Bonchev–Trinajstić information content (AvgIpc) is 2.94. The number of rotatable bonds is 6. The number of aromatic amines is 1. The van der Waals surface area contributed by atoms with Gasteiger partial charge in [0.1, 0.15) is 5.69 Å². The monoisotopic (exact) mass is 271 g/mol. The van der Waals surface area contributed by atoms with E-state index in [4.69, 9.17) is 5.11 Å². The quantitative estimate of drug-likeness (QED) is 0.705. The smallest absolute Gasteiger partial charge is 0.353 e. The van der Waals surface area contributed by atoms with Crippen molar-refractivity contribution in [1.29, 1.82) is 0 Å². The predicted octanol–water partition coefficient (Wildman–Crippen LogP) is 2.40. The lowest BCUT2D eigenvalue weighted by Crippen LogP contribution is -2.05. The molecule has 0 unspecified atom stereocenters. The third-order valence-electron chi connectivity index (χ3n) is 2.89. The van der Waals surface area contributed by atoms with Crippen molar-refractivity contribution >= 4 is 12.0 Å². The molecule has 0 atom stereocenters. The van der Waals surface area contributed by atoms with Gasteiger partial charge >= 0.3 is 5.97 Å². The zero-order valence-electron chi connectivity index (χ0n) is 11.3. The molecule has 5 heteroatoms. The van der Waals surface area contributed by atoms with E-state index in [9.17, 15) is 4.79 Å². The fraction of sp³-hybridized carbons (Fsp3) is 0.200. The Morgan fingerprint density at radius 3 is 2.75 bits per heavy atom. The molecule has 20 heavy (non-hydrogen) atoms. The van der Waals surface area contributed by atoms with Crippen LogP contribution in [0.5, 0.6) is 0 Å². The summed E-state index contributed by atoms with van der Waals surface area (Å²) >= 11 is 0. The number of hydrogen-bond acceptors (Lipinski definition) is 3. The minimum absolute atomic E-state index is 0.0936. The topological polar surface area (TPSA) is 78.0 Å². The first-order chi connectivity index (χ1) is 9.70. The highest BCUT2D eigenvalue weighted by Gasteiger charge is 2.08. The minimum Gasteiger partial charge on any atom is -0.477 e. The van der Waals surface area contributed by atoms with E-state index in [2.05, 4.69) is 27.7 Å². The Hall–Kier alpha value is -2.40. The van der Waals surface area contributed by atoms with Gasteiger partial charge in [0, 0.05) is 5.56 Å². The number of carbonyl (C=O) groups is 1. The third-order valence-corrected chi connectivity index (χ3v) is 2.89. The normalized spacial score (nSPS) is 11.1. The first-order valence-corrected chi connectivity index (χ1v) is 6.41. The third kappa shape index (κ3) is 3.55. The molecule has 0 saturated carbocycles. The first-order valence-electron chi connectivity index (χ1n) is 6.41. The number of carboxylic acid groups (broad SMARTS) is 1. The van der Waals surface area contributed by atoms with Gasteiger partial charge in [-0.15, -0.1) is 0 Å². The highest BCUT2D eigenvalue weighted by Crippen LogP contribution is 2.18. The Morgan fingerprint density at radius 2 is 2.15 bits per heavy atom. The maximum atomic E-state index is 10.8. The summed E-state index contributed by atoms with van der Waals surface area (Å²) in [6.45, 7) is 0.958. The molecule has 5 nitrogen and oxygen atoms in total. The lowest BCUT2D eigenvalue weighted by atomic mass is 10.1. The van der Waals surface area contributed by atoms with Crippen LogP contribution in [0.3, 0.4) is 0 Å². The van der Waals surface area contributed by atoms with Gasteiger partial charge in [-0.2, -0.15) is 5.10 Å². The van der Waals surface area contributed by atoms with E-state index in [1.54, 1.807) is 0 Å². The number of benzene rings is 1. The molecular formula is C15H17N3O2. The molecule has 3 N–H and O–H groups in total. The van der Waals surface area contributed by atoms with E-state index >= 15 is 0 Å². The fourth-order valence-corrected chi connectivity index (χ4v) is 1.79. The SMILES string of the molecule is CNCCC=Cc1ccc(-c2cc(C(=O)O)[nH]n2)cc1. The number of hydrogen-bond donors (Lipinski definition) is 3. The largest absolute Gasteiger partial charge is 0.477 e. The van der Waals surface area contributed by atoms with Crippen LogP contribution >= 0.6 is 0 Å². The minimum atomic E-state index is -1.01. The van der Waals surface area contributed by atoms with Gasteiger partial charge < -0.3 is 10.4 Å². The molecule has 1 aromatic carbocycles. The molecule has 2 aromatic rings. The van der Waals surface area contributed by atoms with Gasteiger partial charge in [-0.05, 0) is 31.6 Å². The van der Waals surface area contributed by atoms with Gasteiger partial charge in [0.15, 0.2) is 0 Å². The highest BCUT2D eigenvalue weighted by molar-refractivity contribution is 5.86. The molecule has 0 aliphatic heterocycles. The number of H-pyrrole nitrogens is 1. The molecule has 0 saturated heterocycles. The van der Waals surface area contributed by atoms with Gasteiger partial charge in [0.2, 0.25) is 0 Å². The molecule has 0 aliphatic rings. The number of aromatic carboxylic acids is 1.